The second-order valence-electron chi connectivity index (χ2n) is 3.39. The van der Waals surface area contributed by atoms with Crippen LogP contribution in [0.3, 0.4) is 0 Å². The zero-order valence-electron chi connectivity index (χ0n) is 8.98. The van der Waals surface area contributed by atoms with E-state index in [1.807, 2.05) is 0 Å². The predicted octanol–water partition coefficient (Wildman–Crippen LogP) is 2.27. The van der Waals surface area contributed by atoms with E-state index in [4.69, 9.17) is 16.3 Å². The third kappa shape index (κ3) is 7.29. The lowest BCUT2D eigenvalue weighted by Gasteiger charge is -2.15. The number of halogens is 1. The second-order valence-corrected chi connectivity index (χ2v) is 4.01. The van der Waals surface area contributed by atoms with Crippen molar-refractivity contribution in [3.63, 3.8) is 0 Å². The van der Waals surface area contributed by atoms with Crippen LogP contribution in [0.2, 0.25) is 0 Å². The number of rotatable bonds is 8. The number of nitrogens with one attached hydrogen (secondary N) is 1. The van der Waals surface area contributed by atoms with Gasteiger partial charge in [0.2, 0.25) is 0 Å². The molecule has 2 nitrogen and oxygen atoms in total. The number of hydrogen-bond donors (Lipinski definition) is 1. The van der Waals surface area contributed by atoms with Gasteiger partial charge in [-0.15, -0.1) is 11.6 Å². The SMILES string of the molecule is CCC(CC)CNCC(Cl)COC. The molecule has 0 aromatic heterocycles. The Balaban J connectivity index is 3.32. The third-order valence-corrected chi connectivity index (χ3v) is 2.58. The predicted molar refractivity (Wildman–Crippen MR) is 58.5 cm³/mol. The van der Waals surface area contributed by atoms with Crippen LogP contribution in [0.4, 0.5) is 0 Å². The molecule has 1 unspecified atom stereocenters. The van der Waals surface area contributed by atoms with Gasteiger partial charge in [-0.3, -0.25) is 0 Å². The van der Waals surface area contributed by atoms with Crippen LogP contribution in [0.1, 0.15) is 26.7 Å². The molecule has 0 spiro atoms. The molecule has 0 aliphatic carbocycles. The highest BCUT2D eigenvalue weighted by Gasteiger charge is 2.05. The van der Waals surface area contributed by atoms with Crippen LogP contribution in [0, 0.1) is 5.92 Å². The summed E-state index contributed by atoms with van der Waals surface area (Å²) >= 11 is 5.96. The molecule has 0 aromatic rings. The van der Waals surface area contributed by atoms with Crippen molar-refractivity contribution in [2.24, 2.45) is 5.92 Å². The van der Waals surface area contributed by atoms with Crippen molar-refractivity contribution in [3.8, 4) is 0 Å². The molecule has 0 heterocycles. The molecule has 0 saturated heterocycles. The molecule has 80 valence electrons. The number of hydrogen-bond acceptors (Lipinski definition) is 2. The highest BCUT2D eigenvalue weighted by molar-refractivity contribution is 6.20. The fourth-order valence-electron chi connectivity index (χ4n) is 1.26. The third-order valence-electron chi connectivity index (χ3n) is 2.30. The fourth-order valence-corrected chi connectivity index (χ4v) is 1.50. The highest BCUT2D eigenvalue weighted by Crippen LogP contribution is 2.05. The molecule has 0 amide bonds. The van der Waals surface area contributed by atoms with Crippen LogP contribution in [-0.2, 0) is 4.74 Å². The summed E-state index contributed by atoms with van der Waals surface area (Å²) in [5, 5.41) is 3.46. The Hall–Kier alpha value is 0.210. The molecule has 0 bridgehead atoms. The summed E-state index contributed by atoms with van der Waals surface area (Å²) in [4.78, 5) is 0. The van der Waals surface area contributed by atoms with Crippen LogP contribution in [0.15, 0.2) is 0 Å². The van der Waals surface area contributed by atoms with Crippen molar-refractivity contribution in [1.82, 2.24) is 5.32 Å². The summed E-state index contributed by atoms with van der Waals surface area (Å²) in [5.41, 5.74) is 0. The van der Waals surface area contributed by atoms with Gasteiger partial charge in [0.25, 0.3) is 0 Å². The van der Waals surface area contributed by atoms with Gasteiger partial charge in [0.05, 0.1) is 12.0 Å². The van der Waals surface area contributed by atoms with Crippen molar-refractivity contribution in [3.05, 3.63) is 0 Å². The van der Waals surface area contributed by atoms with E-state index in [9.17, 15) is 0 Å². The smallest absolute Gasteiger partial charge is 0.0693 e. The number of methoxy groups -OCH3 is 1. The first kappa shape index (κ1) is 13.2. The van der Waals surface area contributed by atoms with Gasteiger partial charge in [-0.05, 0) is 12.5 Å². The van der Waals surface area contributed by atoms with Gasteiger partial charge in [-0.1, -0.05) is 26.7 Å². The van der Waals surface area contributed by atoms with E-state index in [1.54, 1.807) is 7.11 Å². The minimum Gasteiger partial charge on any atom is -0.383 e. The average Bonchev–Trinajstić information content (AvgIpc) is 2.13. The number of ether oxygens (including phenoxy) is 1. The van der Waals surface area contributed by atoms with Crippen LogP contribution in [0.25, 0.3) is 0 Å². The molecule has 0 aliphatic rings. The minimum absolute atomic E-state index is 0.0966. The van der Waals surface area contributed by atoms with Gasteiger partial charge in [0.1, 0.15) is 0 Å². The first-order chi connectivity index (χ1) is 6.24. The summed E-state index contributed by atoms with van der Waals surface area (Å²) in [6.07, 6.45) is 2.47. The fraction of sp³-hybridized carbons (Fsp3) is 1.00. The largest absolute Gasteiger partial charge is 0.383 e. The Labute approximate surface area is 87.0 Å². The van der Waals surface area contributed by atoms with Gasteiger partial charge in [0, 0.05) is 13.7 Å². The Kier molecular flexibility index (Phi) is 8.93. The summed E-state index contributed by atoms with van der Waals surface area (Å²) in [6, 6.07) is 0. The van der Waals surface area contributed by atoms with E-state index in [1.165, 1.54) is 12.8 Å². The quantitative estimate of drug-likeness (QED) is 0.617. The molecule has 3 heteroatoms. The summed E-state index contributed by atoms with van der Waals surface area (Å²) in [6.45, 7) is 6.98. The monoisotopic (exact) mass is 207 g/mol. The Morgan fingerprint density at radius 2 is 1.85 bits per heavy atom. The molecule has 13 heavy (non-hydrogen) atoms. The van der Waals surface area contributed by atoms with Crippen LogP contribution < -0.4 is 5.32 Å². The first-order valence-corrected chi connectivity index (χ1v) is 5.51. The average molecular weight is 208 g/mol. The Bertz CT molecular complexity index is 107. The number of alkyl halides is 1. The van der Waals surface area contributed by atoms with E-state index in [0.717, 1.165) is 19.0 Å². The van der Waals surface area contributed by atoms with Gasteiger partial charge in [0.15, 0.2) is 0 Å². The summed E-state index contributed by atoms with van der Waals surface area (Å²) in [5.74, 6) is 0.784. The molecule has 0 aliphatic heterocycles. The molecular weight excluding hydrogens is 186 g/mol. The normalized spacial score (nSPS) is 13.6. The summed E-state index contributed by atoms with van der Waals surface area (Å²) in [7, 11) is 1.68. The molecule has 0 saturated carbocycles. The topological polar surface area (TPSA) is 21.3 Å². The lowest BCUT2D eigenvalue weighted by atomic mass is 10.0. The van der Waals surface area contributed by atoms with Crippen molar-refractivity contribution in [1.29, 1.82) is 0 Å². The van der Waals surface area contributed by atoms with Gasteiger partial charge >= 0.3 is 0 Å². The first-order valence-electron chi connectivity index (χ1n) is 5.08. The molecule has 0 fully saturated rings. The minimum atomic E-state index is 0.0966. The zero-order valence-corrected chi connectivity index (χ0v) is 9.73. The van der Waals surface area contributed by atoms with E-state index in [2.05, 4.69) is 19.2 Å². The molecule has 1 atom stereocenters. The van der Waals surface area contributed by atoms with Crippen molar-refractivity contribution in [2.45, 2.75) is 32.1 Å². The van der Waals surface area contributed by atoms with Gasteiger partial charge < -0.3 is 10.1 Å². The maximum Gasteiger partial charge on any atom is 0.0693 e. The molecule has 1 N–H and O–H groups in total. The molecular formula is C10H22ClNO. The highest BCUT2D eigenvalue weighted by atomic mass is 35.5. The van der Waals surface area contributed by atoms with E-state index in [0.29, 0.717) is 6.61 Å². The van der Waals surface area contributed by atoms with Gasteiger partial charge in [-0.2, -0.15) is 0 Å². The van der Waals surface area contributed by atoms with Crippen LogP contribution in [0.5, 0.6) is 0 Å². The lowest BCUT2D eigenvalue weighted by molar-refractivity contribution is 0.196. The zero-order chi connectivity index (χ0) is 10.1. The van der Waals surface area contributed by atoms with Crippen LogP contribution >= 0.6 is 11.6 Å². The Morgan fingerprint density at radius 3 is 2.31 bits per heavy atom. The maximum atomic E-state index is 5.96. The molecule has 0 radical (unpaired) electrons. The Morgan fingerprint density at radius 1 is 1.23 bits per heavy atom. The molecule has 0 rings (SSSR count). The van der Waals surface area contributed by atoms with Crippen molar-refractivity contribution < 1.29 is 4.74 Å². The van der Waals surface area contributed by atoms with Crippen LogP contribution in [-0.4, -0.2) is 32.2 Å². The maximum absolute atomic E-state index is 5.96. The van der Waals surface area contributed by atoms with Gasteiger partial charge in [-0.25, -0.2) is 0 Å². The van der Waals surface area contributed by atoms with E-state index >= 15 is 0 Å². The van der Waals surface area contributed by atoms with Crippen molar-refractivity contribution in [2.75, 3.05) is 26.8 Å². The second kappa shape index (κ2) is 8.79. The molecule has 0 aromatic carbocycles. The van der Waals surface area contributed by atoms with E-state index < -0.39 is 0 Å². The van der Waals surface area contributed by atoms with Crippen molar-refractivity contribution >= 4 is 11.6 Å². The summed E-state index contributed by atoms with van der Waals surface area (Å²) < 4.78 is 4.94. The standard InChI is InChI=1S/C10H22ClNO/c1-4-9(5-2)6-12-7-10(11)8-13-3/h9-10,12H,4-8H2,1-3H3. The van der Waals surface area contributed by atoms with E-state index in [-0.39, 0.29) is 5.38 Å². The lowest BCUT2D eigenvalue weighted by Crippen LogP contribution is -2.30.